The minimum absolute atomic E-state index is 0.0979. The fraction of sp³-hybridized carbons (Fsp3) is 0. The number of hydrogen-bond donors (Lipinski definition) is 2. The number of anilines is 1. The number of halogens is 1. The molecule has 6 heteroatoms. The molecule has 0 unspecified atom stereocenters. The van der Waals surface area contributed by atoms with Gasteiger partial charge in [-0.3, -0.25) is 4.79 Å². The number of aromatic hydroxyl groups is 1. The minimum atomic E-state index is -0.332. The lowest BCUT2D eigenvalue weighted by Gasteiger charge is -1.97. The molecule has 1 heterocycles. The van der Waals surface area contributed by atoms with Crippen molar-refractivity contribution < 1.29 is 9.90 Å². The Morgan fingerprint density at radius 2 is 2.00 bits per heavy atom. The van der Waals surface area contributed by atoms with E-state index in [2.05, 4.69) is 15.5 Å². The van der Waals surface area contributed by atoms with Gasteiger partial charge >= 0.3 is 0 Å². The number of phenolic OH excluding ortho intramolecular Hbond substituents is 1. The fourth-order valence-corrected chi connectivity index (χ4v) is 2.14. The zero-order chi connectivity index (χ0) is 14.8. The Hall–Kier alpha value is -2.66. The van der Waals surface area contributed by atoms with Gasteiger partial charge in [-0.2, -0.15) is 5.10 Å². The summed E-state index contributed by atoms with van der Waals surface area (Å²) < 4.78 is 0. The summed E-state index contributed by atoms with van der Waals surface area (Å²) in [6, 6.07) is 11.8. The summed E-state index contributed by atoms with van der Waals surface area (Å²) in [5.41, 5.74) is 1.98. The molecule has 0 bridgehead atoms. The Bertz CT molecular complexity index is 784. The number of para-hydroxylation sites is 1. The first-order valence-electron chi connectivity index (χ1n) is 6.15. The molecule has 0 fully saturated rings. The standard InChI is InChI=1S/C15H10ClN3O2/c16-10-5-6-12-11(7-10)14(15(21)18-12)19-17-8-9-3-1-2-4-13(9)20/h1-8,20H,(H,18,19,21)/b17-8+. The summed E-state index contributed by atoms with van der Waals surface area (Å²) in [6.07, 6.45) is 1.39. The second kappa shape index (κ2) is 5.38. The number of carbonyl (C=O) groups is 1. The smallest absolute Gasteiger partial charge is 0.276 e. The van der Waals surface area contributed by atoms with E-state index in [-0.39, 0.29) is 17.4 Å². The number of fused-ring (bicyclic) bond motifs is 1. The van der Waals surface area contributed by atoms with Crippen molar-refractivity contribution in [2.24, 2.45) is 10.2 Å². The number of benzene rings is 2. The lowest BCUT2D eigenvalue weighted by Crippen LogP contribution is -2.13. The quantitative estimate of drug-likeness (QED) is 0.661. The molecule has 5 nitrogen and oxygen atoms in total. The lowest BCUT2D eigenvalue weighted by molar-refractivity contribution is -0.110. The molecule has 3 rings (SSSR count). The van der Waals surface area contributed by atoms with Crippen molar-refractivity contribution >= 4 is 35.1 Å². The van der Waals surface area contributed by atoms with Gasteiger partial charge in [-0.25, -0.2) is 0 Å². The van der Waals surface area contributed by atoms with Crippen LogP contribution in [-0.4, -0.2) is 22.9 Å². The molecule has 1 aliphatic rings. The van der Waals surface area contributed by atoms with Crippen LogP contribution in [-0.2, 0) is 4.79 Å². The van der Waals surface area contributed by atoms with Crippen molar-refractivity contribution in [3.05, 3.63) is 58.6 Å². The van der Waals surface area contributed by atoms with E-state index >= 15 is 0 Å². The first kappa shape index (κ1) is 13.3. The van der Waals surface area contributed by atoms with E-state index in [4.69, 9.17) is 11.6 Å². The predicted octanol–water partition coefficient (Wildman–Crippen LogP) is 2.82. The monoisotopic (exact) mass is 299 g/mol. The summed E-state index contributed by atoms with van der Waals surface area (Å²) in [4.78, 5) is 11.8. The first-order valence-corrected chi connectivity index (χ1v) is 6.53. The van der Waals surface area contributed by atoms with Crippen molar-refractivity contribution in [3.8, 4) is 5.75 Å². The van der Waals surface area contributed by atoms with Crippen LogP contribution >= 0.6 is 11.6 Å². The predicted molar refractivity (Wildman–Crippen MR) is 82.3 cm³/mol. The van der Waals surface area contributed by atoms with Crippen LogP contribution < -0.4 is 5.32 Å². The van der Waals surface area contributed by atoms with Crippen molar-refractivity contribution in [2.75, 3.05) is 5.32 Å². The number of amides is 1. The van der Waals surface area contributed by atoms with Crippen molar-refractivity contribution in [1.82, 2.24) is 0 Å². The van der Waals surface area contributed by atoms with Crippen LogP contribution in [0.25, 0.3) is 0 Å². The van der Waals surface area contributed by atoms with Gasteiger partial charge in [-0.05, 0) is 30.3 Å². The third-order valence-corrected chi connectivity index (χ3v) is 3.23. The fourth-order valence-electron chi connectivity index (χ4n) is 1.97. The van der Waals surface area contributed by atoms with Crippen LogP contribution in [0.4, 0.5) is 5.69 Å². The molecular weight excluding hydrogens is 290 g/mol. The topological polar surface area (TPSA) is 74.0 Å². The third kappa shape index (κ3) is 2.64. The van der Waals surface area contributed by atoms with Gasteiger partial charge < -0.3 is 10.4 Å². The number of nitrogens with one attached hydrogen (secondary N) is 1. The van der Waals surface area contributed by atoms with E-state index < -0.39 is 0 Å². The molecule has 0 aromatic heterocycles. The van der Waals surface area contributed by atoms with Crippen molar-refractivity contribution in [1.29, 1.82) is 0 Å². The van der Waals surface area contributed by atoms with Gasteiger partial charge in [0, 0.05) is 16.1 Å². The Morgan fingerprint density at radius 1 is 1.19 bits per heavy atom. The Morgan fingerprint density at radius 3 is 2.81 bits per heavy atom. The normalized spacial score (nSPS) is 15.5. The zero-order valence-electron chi connectivity index (χ0n) is 10.7. The number of phenols is 1. The van der Waals surface area contributed by atoms with Gasteiger partial charge in [0.05, 0.1) is 11.9 Å². The van der Waals surface area contributed by atoms with E-state index in [9.17, 15) is 9.90 Å². The summed E-state index contributed by atoms with van der Waals surface area (Å²) in [6.45, 7) is 0. The summed E-state index contributed by atoms with van der Waals surface area (Å²) >= 11 is 5.92. The molecule has 0 aliphatic carbocycles. The van der Waals surface area contributed by atoms with Gasteiger partial charge in [-0.1, -0.05) is 23.7 Å². The molecule has 1 aliphatic heterocycles. The molecule has 0 radical (unpaired) electrons. The minimum Gasteiger partial charge on any atom is -0.507 e. The van der Waals surface area contributed by atoms with E-state index in [1.807, 2.05) is 0 Å². The van der Waals surface area contributed by atoms with Crippen LogP contribution in [0.5, 0.6) is 5.75 Å². The van der Waals surface area contributed by atoms with Gasteiger partial charge in [0.2, 0.25) is 0 Å². The maximum atomic E-state index is 11.8. The second-order valence-electron chi connectivity index (χ2n) is 4.40. The molecule has 1 amide bonds. The van der Waals surface area contributed by atoms with E-state index in [1.54, 1.807) is 42.5 Å². The molecule has 0 saturated carbocycles. The highest BCUT2D eigenvalue weighted by molar-refractivity contribution is 6.54. The number of nitrogens with zero attached hydrogens (tertiary/aromatic N) is 2. The van der Waals surface area contributed by atoms with Gasteiger partial charge in [-0.15, -0.1) is 5.10 Å². The van der Waals surface area contributed by atoms with Gasteiger partial charge in [0.15, 0.2) is 5.71 Å². The first-order chi connectivity index (χ1) is 10.1. The third-order valence-electron chi connectivity index (χ3n) is 2.99. The molecule has 2 N–H and O–H groups in total. The molecule has 0 spiro atoms. The largest absolute Gasteiger partial charge is 0.507 e. The molecular formula is C15H10ClN3O2. The lowest BCUT2D eigenvalue weighted by atomic mass is 10.1. The molecule has 21 heavy (non-hydrogen) atoms. The maximum Gasteiger partial charge on any atom is 0.276 e. The number of carbonyl (C=O) groups excluding carboxylic acids is 1. The van der Waals surface area contributed by atoms with Gasteiger partial charge in [0.1, 0.15) is 5.75 Å². The SMILES string of the molecule is O=C1Nc2ccc(Cl)cc2/C1=N/N=C/c1ccccc1O. The van der Waals surface area contributed by atoms with Crippen LogP contribution in [0.3, 0.4) is 0 Å². The second-order valence-corrected chi connectivity index (χ2v) is 4.83. The summed E-state index contributed by atoms with van der Waals surface area (Å²) in [7, 11) is 0. The highest BCUT2D eigenvalue weighted by Crippen LogP contribution is 2.26. The molecule has 2 aromatic carbocycles. The van der Waals surface area contributed by atoms with Crippen LogP contribution in [0.1, 0.15) is 11.1 Å². The summed E-state index contributed by atoms with van der Waals surface area (Å²) in [5, 5.41) is 20.6. The molecule has 2 aromatic rings. The Labute approximate surface area is 125 Å². The average molecular weight is 300 g/mol. The molecule has 104 valence electrons. The molecule has 0 atom stereocenters. The van der Waals surface area contributed by atoms with Crippen LogP contribution in [0.15, 0.2) is 52.7 Å². The van der Waals surface area contributed by atoms with E-state index in [0.29, 0.717) is 21.8 Å². The van der Waals surface area contributed by atoms with Gasteiger partial charge in [0.25, 0.3) is 5.91 Å². The van der Waals surface area contributed by atoms with Crippen LogP contribution in [0.2, 0.25) is 5.02 Å². The Kier molecular flexibility index (Phi) is 3.41. The summed E-state index contributed by atoms with van der Waals surface area (Å²) in [5.74, 6) is -0.234. The number of rotatable bonds is 2. The highest BCUT2D eigenvalue weighted by atomic mass is 35.5. The van der Waals surface area contributed by atoms with Crippen LogP contribution in [0, 0.1) is 0 Å². The maximum absolute atomic E-state index is 11.8. The van der Waals surface area contributed by atoms with Crippen molar-refractivity contribution in [3.63, 3.8) is 0 Å². The van der Waals surface area contributed by atoms with Crippen molar-refractivity contribution in [2.45, 2.75) is 0 Å². The van der Waals surface area contributed by atoms with E-state index in [0.717, 1.165) is 0 Å². The average Bonchev–Trinajstić information content (AvgIpc) is 2.77. The number of hydrogen-bond acceptors (Lipinski definition) is 4. The zero-order valence-corrected chi connectivity index (χ0v) is 11.5. The molecule has 0 saturated heterocycles. The highest BCUT2D eigenvalue weighted by Gasteiger charge is 2.26. The Balaban J connectivity index is 1.93. The van der Waals surface area contributed by atoms with E-state index in [1.165, 1.54) is 6.21 Å².